The molecule has 1 saturated carbocycles. The number of nitrogens with two attached hydrogens (primary N) is 2. The molecule has 2 aliphatic carbocycles. The Balaban J connectivity index is 1.61. The molecule has 1 unspecified atom stereocenters. The number of likely N-dealkylation sites (N-methyl/N-ethyl adjacent to an activating group) is 1. The minimum Gasteiger partial charge on any atom is -0.378 e. The summed E-state index contributed by atoms with van der Waals surface area (Å²) in [6, 6.07) is 2.16. The Labute approximate surface area is 168 Å². The average Bonchev–Trinajstić information content (AvgIpc) is 3.47. The predicted octanol–water partition coefficient (Wildman–Crippen LogP) is 1.76. The van der Waals surface area contributed by atoms with E-state index in [4.69, 9.17) is 21.4 Å². The van der Waals surface area contributed by atoms with Gasteiger partial charge >= 0.3 is 0 Å². The van der Waals surface area contributed by atoms with Crippen LogP contribution in [-0.2, 0) is 5.54 Å². The number of allylic oxidation sites excluding steroid dienone is 1. The Morgan fingerprint density at radius 1 is 1.17 bits per heavy atom. The van der Waals surface area contributed by atoms with E-state index in [0.717, 1.165) is 35.5 Å². The second-order valence-electron chi connectivity index (χ2n) is 7.84. The van der Waals surface area contributed by atoms with Crippen molar-refractivity contribution in [1.82, 2.24) is 34.4 Å². The van der Waals surface area contributed by atoms with Gasteiger partial charge < -0.3 is 20.9 Å². The monoisotopic (exact) mass is 389 g/mol. The van der Waals surface area contributed by atoms with Crippen LogP contribution in [0, 0.1) is 0 Å². The number of aromatic nitrogens is 6. The fraction of sp³-hybridized carbons (Fsp3) is 0.350. The van der Waals surface area contributed by atoms with Crippen LogP contribution in [0.3, 0.4) is 0 Å². The fourth-order valence-electron chi connectivity index (χ4n) is 3.61. The molecular weight excluding hydrogens is 366 g/mol. The summed E-state index contributed by atoms with van der Waals surface area (Å²) >= 11 is 0. The largest absolute Gasteiger partial charge is 0.378 e. The van der Waals surface area contributed by atoms with Crippen molar-refractivity contribution >= 4 is 17.1 Å². The standard InChI is InChI=1S/C20H23N9/c1-28(2)12-5-8-20(22,9-6-12)18-24-11-15-17(27-18)29(13-3-4-13)16(25-15)14-7-10-23-19(21)26-14/h5-8,10-11,13H,3-4,9,22H2,1-2H3,(H2,21,23,26). The molecule has 3 heterocycles. The molecule has 3 aromatic heterocycles. The van der Waals surface area contributed by atoms with Gasteiger partial charge in [-0.15, -0.1) is 0 Å². The molecule has 0 amide bonds. The number of nitrogens with zero attached hydrogens (tertiary/aromatic N) is 7. The fourth-order valence-corrected chi connectivity index (χ4v) is 3.61. The summed E-state index contributed by atoms with van der Waals surface area (Å²) in [6.45, 7) is 0. The van der Waals surface area contributed by atoms with E-state index in [0.29, 0.717) is 24.0 Å². The molecule has 9 nitrogen and oxygen atoms in total. The van der Waals surface area contributed by atoms with Crippen molar-refractivity contribution in [2.75, 3.05) is 19.8 Å². The second-order valence-corrected chi connectivity index (χ2v) is 7.84. The van der Waals surface area contributed by atoms with Gasteiger partial charge in [0.1, 0.15) is 11.2 Å². The van der Waals surface area contributed by atoms with Gasteiger partial charge in [0.2, 0.25) is 5.95 Å². The normalized spacial score (nSPS) is 21.4. The van der Waals surface area contributed by atoms with Crippen LogP contribution in [0.2, 0.25) is 0 Å². The zero-order valence-corrected chi connectivity index (χ0v) is 16.4. The van der Waals surface area contributed by atoms with E-state index in [2.05, 4.69) is 30.5 Å². The van der Waals surface area contributed by atoms with Gasteiger partial charge in [-0.3, -0.25) is 0 Å². The van der Waals surface area contributed by atoms with Crippen molar-refractivity contribution in [2.45, 2.75) is 30.8 Å². The van der Waals surface area contributed by atoms with Crippen molar-refractivity contribution in [3.8, 4) is 11.5 Å². The molecule has 0 spiro atoms. The number of nitrogen functional groups attached to an aromatic ring is 1. The predicted molar refractivity (Wildman–Crippen MR) is 110 cm³/mol. The van der Waals surface area contributed by atoms with E-state index < -0.39 is 5.54 Å². The first-order valence-electron chi connectivity index (χ1n) is 9.64. The lowest BCUT2D eigenvalue weighted by molar-refractivity contribution is 0.482. The van der Waals surface area contributed by atoms with Crippen LogP contribution in [0.15, 0.2) is 42.4 Å². The van der Waals surface area contributed by atoms with E-state index >= 15 is 0 Å². The molecular formula is C20H23N9. The Morgan fingerprint density at radius 3 is 2.66 bits per heavy atom. The third-order valence-electron chi connectivity index (χ3n) is 5.38. The summed E-state index contributed by atoms with van der Waals surface area (Å²) in [7, 11) is 4.02. The smallest absolute Gasteiger partial charge is 0.220 e. The van der Waals surface area contributed by atoms with Gasteiger partial charge in [-0.2, -0.15) is 0 Å². The topological polar surface area (TPSA) is 125 Å². The molecule has 0 bridgehead atoms. The third kappa shape index (κ3) is 3.03. The summed E-state index contributed by atoms with van der Waals surface area (Å²) in [4.78, 5) is 24.5. The highest BCUT2D eigenvalue weighted by Crippen LogP contribution is 2.41. The molecule has 1 atom stereocenters. The molecule has 4 N–H and O–H groups in total. The molecule has 9 heteroatoms. The average molecular weight is 389 g/mol. The summed E-state index contributed by atoms with van der Waals surface area (Å²) in [5.74, 6) is 1.55. The summed E-state index contributed by atoms with van der Waals surface area (Å²) < 4.78 is 2.14. The summed E-state index contributed by atoms with van der Waals surface area (Å²) in [6.07, 6.45) is 12.3. The maximum atomic E-state index is 6.67. The first-order chi connectivity index (χ1) is 13.9. The first kappa shape index (κ1) is 17.7. The minimum atomic E-state index is -0.744. The van der Waals surface area contributed by atoms with Crippen LogP contribution in [0.25, 0.3) is 22.7 Å². The van der Waals surface area contributed by atoms with E-state index in [9.17, 15) is 0 Å². The van der Waals surface area contributed by atoms with E-state index in [1.807, 2.05) is 32.3 Å². The SMILES string of the molecule is CN(C)C1=CCC(N)(c2ncc3nc(-c4ccnc(N)n4)n(C4CC4)c3n2)C=C1. The zero-order chi connectivity index (χ0) is 20.2. The lowest BCUT2D eigenvalue weighted by Gasteiger charge is -2.28. The van der Waals surface area contributed by atoms with Crippen LogP contribution in [0.5, 0.6) is 0 Å². The number of hydrogen-bond donors (Lipinski definition) is 2. The van der Waals surface area contributed by atoms with Crippen LogP contribution in [0.1, 0.15) is 31.1 Å². The van der Waals surface area contributed by atoms with Crippen molar-refractivity contribution < 1.29 is 0 Å². The van der Waals surface area contributed by atoms with Crippen LogP contribution in [-0.4, -0.2) is 48.5 Å². The highest BCUT2D eigenvalue weighted by atomic mass is 15.2. The van der Waals surface area contributed by atoms with E-state index in [1.165, 1.54) is 0 Å². The molecule has 3 aromatic rings. The Hall–Kier alpha value is -3.33. The second kappa shape index (κ2) is 6.35. The Morgan fingerprint density at radius 2 is 2.00 bits per heavy atom. The van der Waals surface area contributed by atoms with Gasteiger partial charge in [-0.1, -0.05) is 12.2 Å². The molecule has 148 valence electrons. The van der Waals surface area contributed by atoms with Crippen molar-refractivity contribution in [3.63, 3.8) is 0 Å². The van der Waals surface area contributed by atoms with Gasteiger partial charge in [-0.25, -0.2) is 24.9 Å². The lowest BCUT2D eigenvalue weighted by Crippen LogP contribution is -2.38. The van der Waals surface area contributed by atoms with Crippen LogP contribution < -0.4 is 11.5 Å². The first-order valence-corrected chi connectivity index (χ1v) is 9.64. The van der Waals surface area contributed by atoms with Crippen molar-refractivity contribution in [1.29, 1.82) is 0 Å². The maximum Gasteiger partial charge on any atom is 0.220 e. The minimum absolute atomic E-state index is 0.223. The third-order valence-corrected chi connectivity index (χ3v) is 5.38. The van der Waals surface area contributed by atoms with Crippen molar-refractivity contribution in [3.05, 3.63) is 48.2 Å². The number of imidazole rings is 1. The van der Waals surface area contributed by atoms with Gasteiger partial charge in [0.25, 0.3) is 0 Å². The molecule has 0 aliphatic heterocycles. The molecule has 0 saturated heterocycles. The summed E-state index contributed by atoms with van der Waals surface area (Å²) in [5, 5.41) is 0. The molecule has 0 aromatic carbocycles. The van der Waals surface area contributed by atoms with Crippen LogP contribution in [0.4, 0.5) is 5.95 Å². The van der Waals surface area contributed by atoms with Crippen molar-refractivity contribution in [2.24, 2.45) is 5.73 Å². The highest BCUT2D eigenvalue weighted by Gasteiger charge is 2.33. The zero-order valence-electron chi connectivity index (χ0n) is 16.4. The number of hydrogen-bond acceptors (Lipinski definition) is 8. The summed E-state index contributed by atoms with van der Waals surface area (Å²) in [5.41, 5.74) is 15.0. The maximum absolute atomic E-state index is 6.67. The van der Waals surface area contributed by atoms with E-state index in [1.54, 1.807) is 12.4 Å². The number of rotatable bonds is 4. The Bertz CT molecular complexity index is 1160. The molecule has 0 radical (unpaired) electrons. The van der Waals surface area contributed by atoms with Gasteiger partial charge in [0.05, 0.1) is 11.7 Å². The van der Waals surface area contributed by atoms with E-state index in [-0.39, 0.29) is 5.95 Å². The lowest BCUT2D eigenvalue weighted by atomic mass is 9.90. The molecule has 29 heavy (non-hydrogen) atoms. The Kier molecular flexibility index (Phi) is 3.88. The van der Waals surface area contributed by atoms with Gasteiger partial charge in [0.15, 0.2) is 17.3 Å². The van der Waals surface area contributed by atoms with Gasteiger partial charge in [0, 0.05) is 32.0 Å². The van der Waals surface area contributed by atoms with Gasteiger partial charge in [-0.05, 0) is 31.4 Å². The van der Waals surface area contributed by atoms with Crippen LogP contribution >= 0.6 is 0 Å². The number of fused-ring (bicyclic) bond motifs is 1. The highest BCUT2D eigenvalue weighted by molar-refractivity contribution is 5.76. The molecule has 2 aliphatic rings. The number of anilines is 1. The molecule has 5 rings (SSSR count). The quantitative estimate of drug-likeness (QED) is 0.691. The molecule has 1 fully saturated rings.